The lowest BCUT2D eigenvalue weighted by molar-refractivity contribution is 1.38. The molecule has 82 valence electrons. The molecule has 2 rings (SSSR count). The highest BCUT2D eigenvalue weighted by molar-refractivity contribution is 6.33. The Morgan fingerprint density at radius 1 is 0.938 bits per heavy atom. The minimum atomic E-state index is 0.693. The molecule has 0 saturated carbocycles. The van der Waals surface area contributed by atoms with E-state index in [1.54, 1.807) is 6.07 Å². The van der Waals surface area contributed by atoms with Gasteiger partial charge in [-0.3, -0.25) is 0 Å². The second kappa shape index (κ2) is 4.18. The summed E-state index contributed by atoms with van der Waals surface area (Å²) >= 11 is 6.19. The van der Waals surface area contributed by atoms with Gasteiger partial charge in [-0.25, -0.2) is 0 Å². The summed E-state index contributed by atoms with van der Waals surface area (Å²) in [7, 11) is 0. The maximum atomic E-state index is 6.19. The Hall–Kier alpha value is -1.47. The van der Waals surface area contributed by atoms with Crippen LogP contribution >= 0.6 is 11.6 Å². The van der Waals surface area contributed by atoms with E-state index in [2.05, 4.69) is 32.0 Å². The molecule has 16 heavy (non-hydrogen) atoms. The van der Waals surface area contributed by atoms with Crippen molar-refractivity contribution in [2.24, 2.45) is 0 Å². The van der Waals surface area contributed by atoms with E-state index >= 15 is 0 Å². The van der Waals surface area contributed by atoms with Gasteiger partial charge in [-0.05, 0) is 31.5 Å². The van der Waals surface area contributed by atoms with Crippen molar-refractivity contribution in [2.45, 2.75) is 13.8 Å². The molecule has 0 radical (unpaired) electrons. The Balaban J connectivity index is 2.58. The van der Waals surface area contributed by atoms with E-state index in [1.807, 2.05) is 12.1 Å². The summed E-state index contributed by atoms with van der Waals surface area (Å²) in [4.78, 5) is 0. The quantitative estimate of drug-likeness (QED) is 0.732. The Kier molecular flexibility index (Phi) is 2.88. The zero-order valence-corrected chi connectivity index (χ0v) is 10.2. The molecule has 0 aliphatic carbocycles. The molecule has 0 atom stereocenters. The van der Waals surface area contributed by atoms with Gasteiger partial charge in [-0.2, -0.15) is 0 Å². The Morgan fingerprint density at radius 2 is 1.56 bits per heavy atom. The molecule has 2 aromatic carbocycles. The highest BCUT2D eigenvalue weighted by atomic mass is 35.5. The van der Waals surface area contributed by atoms with Crippen LogP contribution < -0.4 is 5.73 Å². The van der Waals surface area contributed by atoms with Crippen molar-refractivity contribution in [3.8, 4) is 11.1 Å². The fraction of sp³-hybridized carbons (Fsp3) is 0.143. The first kappa shape index (κ1) is 11.0. The van der Waals surface area contributed by atoms with Crippen molar-refractivity contribution in [3.63, 3.8) is 0 Å². The van der Waals surface area contributed by atoms with Crippen LogP contribution in [0.3, 0.4) is 0 Å². The summed E-state index contributed by atoms with van der Waals surface area (Å²) in [5, 5.41) is 0.699. The number of hydrogen-bond donors (Lipinski definition) is 1. The van der Waals surface area contributed by atoms with E-state index in [9.17, 15) is 0 Å². The monoisotopic (exact) mass is 231 g/mol. The number of hydrogen-bond acceptors (Lipinski definition) is 1. The van der Waals surface area contributed by atoms with Gasteiger partial charge >= 0.3 is 0 Å². The van der Waals surface area contributed by atoms with Crippen LogP contribution in [0.5, 0.6) is 0 Å². The molecule has 1 nitrogen and oxygen atoms in total. The van der Waals surface area contributed by atoms with Crippen molar-refractivity contribution < 1.29 is 0 Å². The van der Waals surface area contributed by atoms with E-state index in [0.717, 1.165) is 11.1 Å². The third kappa shape index (κ3) is 2.20. The van der Waals surface area contributed by atoms with Gasteiger partial charge in [0, 0.05) is 11.3 Å². The van der Waals surface area contributed by atoms with Crippen LogP contribution in [-0.4, -0.2) is 0 Å². The molecule has 2 aromatic rings. The van der Waals surface area contributed by atoms with Crippen LogP contribution in [0.25, 0.3) is 11.1 Å². The highest BCUT2D eigenvalue weighted by Crippen LogP contribution is 2.30. The zero-order chi connectivity index (χ0) is 11.7. The largest absolute Gasteiger partial charge is 0.399 e. The van der Waals surface area contributed by atoms with Gasteiger partial charge in [-0.1, -0.05) is 47.0 Å². The summed E-state index contributed by atoms with van der Waals surface area (Å²) in [6.45, 7) is 4.17. The molecule has 0 aliphatic heterocycles. The molecule has 0 aliphatic rings. The van der Waals surface area contributed by atoms with Crippen LogP contribution in [0.2, 0.25) is 5.02 Å². The first-order valence-electron chi connectivity index (χ1n) is 5.20. The number of benzene rings is 2. The van der Waals surface area contributed by atoms with Gasteiger partial charge in [-0.15, -0.1) is 0 Å². The van der Waals surface area contributed by atoms with Crippen LogP contribution in [0.1, 0.15) is 11.1 Å². The minimum Gasteiger partial charge on any atom is -0.399 e. The minimum absolute atomic E-state index is 0.693. The molecule has 0 bridgehead atoms. The van der Waals surface area contributed by atoms with Gasteiger partial charge in [0.15, 0.2) is 0 Å². The SMILES string of the molecule is Cc1cc(C)cc(-c2ccc(N)cc2Cl)c1. The lowest BCUT2D eigenvalue weighted by Crippen LogP contribution is -1.87. The zero-order valence-electron chi connectivity index (χ0n) is 9.42. The second-order valence-electron chi connectivity index (χ2n) is 4.12. The van der Waals surface area contributed by atoms with Crippen molar-refractivity contribution in [1.29, 1.82) is 0 Å². The summed E-state index contributed by atoms with van der Waals surface area (Å²) < 4.78 is 0. The maximum Gasteiger partial charge on any atom is 0.0504 e. The number of halogens is 1. The average molecular weight is 232 g/mol. The number of nitrogen functional groups attached to an aromatic ring is 1. The smallest absolute Gasteiger partial charge is 0.0504 e. The van der Waals surface area contributed by atoms with E-state index in [4.69, 9.17) is 17.3 Å². The predicted molar refractivity (Wildman–Crippen MR) is 70.8 cm³/mol. The first-order valence-corrected chi connectivity index (χ1v) is 5.58. The molecule has 2 heteroatoms. The molecule has 0 spiro atoms. The first-order chi connectivity index (χ1) is 7.56. The fourth-order valence-corrected chi connectivity index (χ4v) is 2.19. The Labute approximate surface area is 101 Å². The highest BCUT2D eigenvalue weighted by Gasteiger charge is 2.04. The number of aryl methyl sites for hydroxylation is 2. The van der Waals surface area contributed by atoms with Crippen LogP contribution in [0, 0.1) is 13.8 Å². The van der Waals surface area contributed by atoms with E-state index in [0.29, 0.717) is 10.7 Å². The molecule has 0 unspecified atom stereocenters. The van der Waals surface area contributed by atoms with E-state index in [-0.39, 0.29) is 0 Å². The summed E-state index contributed by atoms with van der Waals surface area (Å²) in [5.41, 5.74) is 11.0. The van der Waals surface area contributed by atoms with Crippen molar-refractivity contribution >= 4 is 17.3 Å². The average Bonchev–Trinajstić information content (AvgIpc) is 2.15. The Bertz CT molecular complexity index is 512. The van der Waals surface area contributed by atoms with E-state index in [1.165, 1.54) is 11.1 Å². The van der Waals surface area contributed by atoms with Crippen LogP contribution in [-0.2, 0) is 0 Å². The maximum absolute atomic E-state index is 6.19. The van der Waals surface area contributed by atoms with Crippen LogP contribution in [0.15, 0.2) is 36.4 Å². The molecule has 2 N–H and O–H groups in total. The van der Waals surface area contributed by atoms with Gasteiger partial charge in [0.25, 0.3) is 0 Å². The molecule has 0 saturated heterocycles. The normalized spacial score (nSPS) is 10.4. The van der Waals surface area contributed by atoms with Crippen molar-refractivity contribution in [2.75, 3.05) is 5.73 Å². The molecular formula is C14H14ClN. The summed E-state index contributed by atoms with van der Waals surface area (Å²) in [5.74, 6) is 0. The number of anilines is 1. The predicted octanol–water partition coefficient (Wildman–Crippen LogP) is 4.21. The second-order valence-corrected chi connectivity index (χ2v) is 4.52. The third-order valence-electron chi connectivity index (χ3n) is 2.53. The third-order valence-corrected chi connectivity index (χ3v) is 2.84. The fourth-order valence-electron chi connectivity index (χ4n) is 1.90. The van der Waals surface area contributed by atoms with E-state index < -0.39 is 0 Å². The number of nitrogens with two attached hydrogens (primary N) is 1. The molecule has 0 fully saturated rings. The van der Waals surface area contributed by atoms with Crippen molar-refractivity contribution in [3.05, 3.63) is 52.5 Å². The number of rotatable bonds is 1. The molecular weight excluding hydrogens is 218 g/mol. The van der Waals surface area contributed by atoms with Crippen LogP contribution in [0.4, 0.5) is 5.69 Å². The van der Waals surface area contributed by atoms with Gasteiger partial charge in [0.1, 0.15) is 0 Å². The molecule has 0 aromatic heterocycles. The summed E-state index contributed by atoms with van der Waals surface area (Å²) in [6.07, 6.45) is 0. The lowest BCUT2D eigenvalue weighted by atomic mass is 10.0. The topological polar surface area (TPSA) is 26.0 Å². The van der Waals surface area contributed by atoms with Gasteiger partial charge < -0.3 is 5.73 Å². The standard InChI is InChI=1S/C14H14ClN/c1-9-5-10(2)7-11(6-9)13-4-3-12(16)8-14(13)15/h3-8H,16H2,1-2H3. The Morgan fingerprint density at radius 3 is 2.12 bits per heavy atom. The lowest BCUT2D eigenvalue weighted by Gasteiger charge is -2.08. The molecule has 0 heterocycles. The van der Waals surface area contributed by atoms with Gasteiger partial charge in [0.05, 0.1) is 5.02 Å². The van der Waals surface area contributed by atoms with Gasteiger partial charge in [0.2, 0.25) is 0 Å². The molecule has 0 amide bonds. The van der Waals surface area contributed by atoms with Crippen molar-refractivity contribution in [1.82, 2.24) is 0 Å². The summed E-state index contributed by atoms with van der Waals surface area (Å²) in [6, 6.07) is 12.0.